The molecule has 2 aromatic heterocycles. The van der Waals surface area contributed by atoms with E-state index >= 15 is 0 Å². The number of anilines is 1. The van der Waals surface area contributed by atoms with Crippen LogP contribution in [-0.4, -0.2) is 22.8 Å². The molecule has 0 saturated heterocycles. The average molecular weight is 320 g/mol. The van der Waals surface area contributed by atoms with E-state index in [0.717, 1.165) is 35.2 Å². The van der Waals surface area contributed by atoms with E-state index in [0.29, 0.717) is 11.5 Å². The second kappa shape index (κ2) is 5.81. The smallest absolute Gasteiger partial charge is 0.220 e. The first-order valence-electron chi connectivity index (χ1n) is 7.66. The Labute approximate surface area is 139 Å². The van der Waals surface area contributed by atoms with Crippen molar-refractivity contribution in [1.29, 1.82) is 0 Å². The number of fused-ring (bicyclic) bond motifs is 1. The predicted molar refractivity (Wildman–Crippen MR) is 91.4 cm³/mol. The number of nitrogens with two attached hydrogens (primary N) is 1. The number of benzene rings is 1. The molecule has 3 aromatic rings. The molecular weight excluding hydrogens is 304 g/mol. The number of aromatic nitrogens is 2. The van der Waals surface area contributed by atoms with Crippen molar-refractivity contribution in [3.8, 4) is 22.6 Å². The predicted octanol–water partition coefficient (Wildman–Crippen LogP) is 3.28. The molecular formula is C18H16N4O2. The number of aryl methyl sites for hydroxylation is 1. The Morgan fingerprint density at radius 1 is 1.17 bits per heavy atom. The second-order valence-electron chi connectivity index (χ2n) is 5.56. The SMILES string of the molecule is CO/N=C1\CCc2cc(-c3ccoc3-c3ccnc(N)n3)ccc21. The minimum Gasteiger partial charge on any atom is -0.462 e. The van der Waals surface area contributed by atoms with Gasteiger partial charge in [-0.3, -0.25) is 0 Å². The number of hydrogen-bond donors (Lipinski definition) is 1. The Hall–Kier alpha value is -3.15. The van der Waals surface area contributed by atoms with Gasteiger partial charge >= 0.3 is 0 Å². The van der Waals surface area contributed by atoms with Gasteiger partial charge in [0, 0.05) is 17.3 Å². The first kappa shape index (κ1) is 14.4. The molecule has 6 nitrogen and oxygen atoms in total. The summed E-state index contributed by atoms with van der Waals surface area (Å²) in [5.41, 5.74) is 11.8. The molecule has 1 aromatic carbocycles. The monoisotopic (exact) mass is 320 g/mol. The van der Waals surface area contributed by atoms with Crippen LogP contribution in [-0.2, 0) is 11.3 Å². The van der Waals surface area contributed by atoms with Crippen LogP contribution in [0.15, 0.2) is 52.4 Å². The van der Waals surface area contributed by atoms with E-state index in [2.05, 4.69) is 33.3 Å². The minimum absolute atomic E-state index is 0.226. The Bertz CT molecular complexity index is 930. The maximum Gasteiger partial charge on any atom is 0.220 e. The normalized spacial score (nSPS) is 14.8. The van der Waals surface area contributed by atoms with Crippen LogP contribution in [0.5, 0.6) is 0 Å². The van der Waals surface area contributed by atoms with Crippen molar-refractivity contribution in [2.24, 2.45) is 5.16 Å². The summed E-state index contributed by atoms with van der Waals surface area (Å²) >= 11 is 0. The summed E-state index contributed by atoms with van der Waals surface area (Å²) in [6.07, 6.45) is 5.14. The number of rotatable bonds is 3. The maximum atomic E-state index is 5.68. The van der Waals surface area contributed by atoms with E-state index in [1.54, 1.807) is 25.6 Å². The molecule has 2 N–H and O–H groups in total. The van der Waals surface area contributed by atoms with Gasteiger partial charge in [-0.05, 0) is 36.1 Å². The van der Waals surface area contributed by atoms with Crippen LogP contribution in [0.25, 0.3) is 22.6 Å². The van der Waals surface area contributed by atoms with Crippen molar-refractivity contribution in [2.75, 3.05) is 12.8 Å². The van der Waals surface area contributed by atoms with Crippen LogP contribution in [0, 0.1) is 0 Å². The van der Waals surface area contributed by atoms with E-state index in [1.807, 2.05) is 6.07 Å². The lowest BCUT2D eigenvalue weighted by molar-refractivity contribution is 0.213. The van der Waals surface area contributed by atoms with Crippen molar-refractivity contribution in [3.63, 3.8) is 0 Å². The van der Waals surface area contributed by atoms with Gasteiger partial charge in [0.2, 0.25) is 5.95 Å². The molecule has 0 atom stereocenters. The van der Waals surface area contributed by atoms with Crippen LogP contribution >= 0.6 is 0 Å². The van der Waals surface area contributed by atoms with E-state index < -0.39 is 0 Å². The molecule has 0 saturated carbocycles. The lowest BCUT2D eigenvalue weighted by Gasteiger charge is -2.06. The lowest BCUT2D eigenvalue weighted by Crippen LogP contribution is -1.96. The zero-order valence-corrected chi connectivity index (χ0v) is 13.2. The van der Waals surface area contributed by atoms with E-state index in [9.17, 15) is 0 Å². The summed E-state index contributed by atoms with van der Waals surface area (Å²) in [5, 5.41) is 4.10. The van der Waals surface area contributed by atoms with Gasteiger partial charge in [0.15, 0.2) is 5.76 Å². The van der Waals surface area contributed by atoms with Crippen molar-refractivity contribution in [2.45, 2.75) is 12.8 Å². The van der Waals surface area contributed by atoms with Crippen molar-refractivity contribution < 1.29 is 9.25 Å². The third-order valence-electron chi connectivity index (χ3n) is 4.13. The zero-order valence-electron chi connectivity index (χ0n) is 13.2. The number of oxime groups is 1. The van der Waals surface area contributed by atoms with Crippen molar-refractivity contribution in [3.05, 3.63) is 53.9 Å². The summed E-state index contributed by atoms with van der Waals surface area (Å²) in [6, 6.07) is 10.0. The Balaban J connectivity index is 1.77. The van der Waals surface area contributed by atoms with Gasteiger partial charge in [0.25, 0.3) is 0 Å². The van der Waals surface area contributed by atoms with E-state index in [1.165, 1.54) is 5.56 Å². The van der Waals surface area contributed by atoms with E-state index in [4.69, 9.17) is 15.0 Å². The zero-order chi connectivity index (χ0) is 16.5. The molecule has 0 radical (unpaired) electrons. The summed E-state index contributed by atoms with van der Waals surface area (Å²) in [7, 11) is 1.57. The molecule has 6 heteroatoms. The molecule has 0 fully saturated rings. The summed E-state index contributed by atoms with van der Waals surface area (Å²) in [5.74, 6) is 0.914. The Morgan fingerprint density at radius 3 is 2.92 bits per heavy atom. The number of nitrogen functional groups attached to an aromatic ring is 1. The number of furan rings is 1. The Kier molecular flexibility index (Phi) is 3.49. The molecule has 0 spiro atoms. The second-order valence-corrected chi connectivity index (χ2v) is 5.56. The molecule has 2 heterocycles. The molecule has 0 bridgehead atoms. The van der Waals surface area contributed by atoms with Gasteiger partial charge in [0.05, 0.1) is 12.0 Å². The fourth-order valence-corrected chi connectivity index (χ4v) is 3.08. The van der Waals surface area contributed by atoms with Crippen LogP contribution in [0.4, 0.5) is 5.95 Å². The highest BCUT2D eigenvalue weighted by atomic mass is 16.6. The summed E-state index contributed by atoms with van der Waals surface area (Å²) in [4.78, 5) is 13.1. The van der Waals surface area contributed by atoms with Crippen LogP contribution < -0.4 is 5.73 Å². The molecule has 24 heavy (non-hydrogen) atoms. The lowest BCUT2D eigenvalue weighted by atomic mass is 10.00. The number of nitrogens with zero attached hydrogens (tertiary/aromatic N) is 3. The summed E-state index contributed by atoms with van der Waals surface area (Å²) < 4.78 is 5.65. The Morgan fingerprint density at radius 2 is 2.08 bits per heavy atom. The van der Waals surface area contributed by atoms with Gasteiger partial charge in [-0.2, -0.15) is 0 Å². The maximum absolute atomic E-state index is 5.68. The summed E-state index contributed by atoms with van der Waals surface area (Å²) in [6.45, 7) is 0. The highest BCUT2D eigenvalue weighted by Gasteiger charge is 2.20. The highest BCUT2D eigenvalue weighted by Crippen LogP contribution is 2.35. The first-order valence-corrected chi connectivity index (χ1v) is 7.66. The fraction of sp³-hybridized carbons (Fsp3) is 0.167. The van der Waals surface area contributed by atoms with Crippen LogP contribution in [0.3, 0.4) is 0 Å². The molecule has 0 amide bonds. The first-order chi connectivity index (χ1) is 11.8. The average Bonchev–Trinajstić information content (AvgIpc) is 3.22. The van der Waals surface area contributed by atoms with Crippen molar-refractivity contribution in [1.82, 2.24) is 9.97 Å². The minimum atomic E-state index is 0.226. The molecule has 120 valence electrons. The largest absolute Gasteiger partial charge is 0.462 e. The van der Waals surface area contributed by atoms with E-state index in [-0.39, 0.29) is 5.95 Å². The third kappa shape index (κ3) is 2.42. The van der Waals surface area contributed by atoms with Gasteiger partial charge in [-0.1, -0.05) is 23.4 Å². The van der Waals surface area contributed by atoms with Gasteiger partial charge in [0.1, 0.15) is 12.8 Å². The van der Waals surface area contributed by atoms with Gasteiger partial charge in [-0.15, -0.1) is 0 Å². The molecule has 1 aliphatic carbocycles. The molecule has 0 aliphatic heterocycles. The van der Waals surface area contributed by atoms with Crippen LogP contribution in [0.2, 0.25) is 0 Å². The fourth-order valence-electron chi connectivity index (χ4n) is 3.08. The van der Waals surface area contributed by atoms with Crippen molar-refractivity contribution >= 4 is 11.7 Å². The van der Waals surface area contributed by atoms with Gasteiger partial charge < -0.3 is 15.0 Å². The highest BCUT2D eigenvalue weighted by molar-refractivity contribution is 6.04. The quantitative estimate of drug-likeness (QED) is 0.748. The number of hydrogen-bond acceptors (Lipinski definition) is 6. The van der Waals surface area contributed by atoms with Crippen LogP contribution in [0.1, 0.15) is 17.5 Å². The molecule has 0 unspecified atom stereocenters. The third-order valence-corrected chi connectivity index (χ3v) is 4.13. The molecule has 1 aliphatic rings. The molecule has 4 rings (SSSR count). The standard InChI is InChI=1S/C18H16N4O2/c1-23-22-15-5-3-11-10-12(2-4-13(11)15)14-7-9-24-17(14)16-6-8-20-18(19)21-16/h2,4,6-10H,3,5H2,1H3,(H2,19,20,21)/b22-15+. The topological polar surface area (TPSA) is 86.5 Å². The van der Waals surface area contributed by atoms with Gasteiger partial charge in [-0.25, -0.2) is 9.97 Å².